The van der Waals surface area contributed by atoms with Gasteiger partial charge in [-0.3, -0.25) is 4.79 Å². The molecule has 3 N–H and O–H groups in total. The molecule has 2 rings (SSSR count). The van der Waals surface area contributed by atoms with Crippen molar-refractivity contribution in [2.45, 2.75) is 6.92 Å². The molecule has 1 aromatic heterocycles. The predicted octanol–water partition coefficient (Wildman–Crippen LogP) is 2.10. The summed E-state index contributed by atoms with van der Waals surface area (Å²) in [7, 11) is 0. The van der Waals surface area contributed by atoms with Gasteiger partial charge in [-0.1, -0.05) is 6.07 Å². The Morgan fingerprint density at radius 1 is 1.00 bits per heavy atom. The molecular formula is C15H12N2O5. The van der Waals surface area contributed by atoms with Gasteiger partial charge in [0.1, 0.15) is 5.82 Å². The van der Waals surface area contributed by atoms with E-state index >= 15 is 0 Å². The van der Waals surface area contributed by atoms with Gasteiger partial charge in [-0.25, -0.2) is 14.6 Å². The second-order valence-electron chi connectivity index (χ2n) is 4.50. The lowest BCUT2D eigenvalue weighted by Gasteiger charge is -2.07. The lowest BCUT2D eigenvalue weighted by Crippen LogP contribution is -2.08. The Morgan fingerprint density at radius 2 is 1.59 bits per heavy atom. The van der Waals surface area contributed by atoms with Gasteiger partial charge in [-0.05, 0) is 30.3 Å². The van der Waals surface area contributed by atoms with Crippen LogP contribution in [0.4, 0.5) is 5.82 Å². The number of anilines is 1. The lowest BCUT2D eigenvalue weighted by atomic mass is 10.0. The fourth-order valence-corrected chi connectivity index (χ4v) is 1.87. The molecule has 112 valence electrons. The molecule has 2 aromatic rings. The van der Waals surface area contributed by atoms with Gasteiger partial charge in [0.25, 0.3) is 0 Å². The van der Waals surface area contributed by atoms with Crippen LogP contribution < -0.4 is 5.32 Å². The van der Waals surface area contributed by atoms with E-state index in [0.29, 0.717) is 17.1 Å². The lowest BCUT2D eigenvalue weighted by molar-refractivity contribution is -0.114. The van der Waals surface area contributed by atoms with Crippen LogP contribution in [-0.4, -0.2) is 33.0 Å². The highest BCUT2D eigenvalue weighted by molar-refractivity contribution is 5.96. The first-order valence-corrected chi connectivity index (χ1v) is 6.23. The molecule has 0 aliphatic carbocycles. The van der Waals surface area contributed by atoms with E-state index in [0.717, 1.165) is 6.07 Å². The standard InChI is InChI=1S/C15H12N2O5/c1-8(18)16-13-4-2-3-12(17-13)9-5-10(14(19)20)7-11(6-9)15(21)22/h2-7H,1H3,(H,19,20)(H,21,22)(H,16,17,18). The zero-order chi connectivity index (χ0) is 16.3. The Kier molecular flexibility index (Phi) is 4.17. The van der Waals surface area contributed by atoms with Crippen LogP contribution in [0.15, 0.2) is 36.4 Å². The summed E-state index contributed by atoms with van der Waals surface area (Å²) >= 11 is 0. The van der Waals surface area contributed by atoms with Crippen molar-refractivity contribution >= 4 is 23.7 Å². The molecule has 0 bridgehead atoms. The van der Waals surface area contributed by atoms with Crippen molar-refractivity contribution in [1.82, 2.24) is 4.98 Å². The number of carbonyl (C=O) groups is 3. The Hall–Kier alpha value is -3.22. The maximum absolute atomic E-state index is 11.1. The second-order valence-corrected chi connectivity index (χ2v) is 4.50. The predicted molar refractivity (Wildman–Crippen MR) is 77.9 cm³/mol. The van der Waals surface area contributed by atoms with Gasteiger partial charge in [0, 0.05) is 12.5 Å². The van der Waals surface area contributed by atoms with E-state index < -0.39 is 11.9 Å². The molecule has 0 fully saturated rings. The van der Waals surface area contributed by atoms with Crippen LogP contribution >= 0.6 is 0 Å². The van der Waals surface area contributed by atoms with Crippen molar-refractivity contribution in [3.8, 4) is 11.3 Å². The van der Waals surface area contributed by atoms with E-state index in [2.05, 4.69) is 10.3 Å². The largest absolute Gasteiger partial charge is 0.478 e. The van der Waals surface area contributed by atoms with E-state index in [4.69, 9.17) is 10.2 Å². The Labute approximate surface area is 125 Å². The number of aromatic nitrogens is 1. The summed E-state index contributed by atoms with van der Waals surface area (Å²) in [6, 6.07) is 8.53. The highest BCUT2D eigenvalue weighted by Gasteiger charge is 2.13. The molecule has 7 heteroatoms. The summed E-state index contributed by atoms with van der Waals surface area (Å²) in [5.41, 5.74) is 0.393. The SMILES string of the molecule is CC(=O)Nc1cccc(-c2cc(C(=O)O)cc(C(=O)O)c2)n1. The topological polar surface area (TPSA) is 117 Å². The number of aromatic carboxylic acids is 2. The number of carboxylic acids is 2. The summed E-state index contributed by atoms with van der Waals surface area (Å²) < 4.78 is 0. The number of nitrogens with one attached hydrogen (secondary N) is 1. The maximum Gasteiger partial charge on any atom is 0.335 e. The molecule has 0 unspecified atom stereocenters. The van der Waals surface area contributed by atoms with Gasteiger partial charge in [0.2, 0.25) is 5.91 Å². The van der Waals surface area contributed by atoms with Crippen molar-refractivity contribution in [3.05, 3.63) is 47.5 Å². The van der Waals surface area contributed by atoms with Gasteiger partial charge < -0.3 is 15.5 Å². The number of hydrogen-bond donors (Lipinski definition) is 3. The normalized spacial score (nSPS) is 10.0. The molecule has 1 amide bonds. The van der Waals surface area contributed by atoms with Crippen LogP contribution in [0, 0.1) is 0 Å². The number of hydrogen-bond acceptors (Lipinski definition) is 4. The van der Waals surface area contributed by atoms with Crippen molar-refractivity contribution in [2.24, 2.45) is 0 Å². The molecule has 0 aliphatic rings. The number of rotatable bonds is 4. The molecule has 0 radical (unpaired) electrons. The van der Waals surface area contributed by atoms with Crippen LogP contribution in [0.5, 0.6) is 0 Å². The highest BCUT2D eigenvalue weighted by atomic mass is 16.4. The third-order valence-corrected chi connectivity index (χ3v) is 2.78. The van der Waals surface area contributed by atoms with E-state index in [1.807, 2.05) is 0 Å². The van der Waals surface area contributed by atoms with Crippen molar-refractivity contribution < 1.29 is 24.6 Å². The molecule has 0 saturated heterocycles. The molecule has 0 aliphatic heterocycles. The van der Waals surface area contributed by atoms with E-state index in [1.165, 1.54) is 19.1 Å². The summed E-state index contributed by atoms with van der Waals surface area (Å²) in [6.07, 6.45) is 0. The van der Waals surface area contributed by atoms with Gasteiger partial charge in [0.15, 0.2) is 0 Å². The quantitative estimate of drug-likeness (QED) is 0.796. The zero-order valence-electron chi connectivity index (χ0n) is 11.5. The first kappa shape index (κ1) is 15.2. The fraction of sp³-hybridized carbons (Fsp3) is 0.0667. The van der Waals surface area contributed by atoms with Gasteiger partial charge in [-0.15, -0.1) is 0 Å². The monoisotopic (exact) mass is 300 g/mol. The van der Waals surface area contributed by atoms with Crippen LogP contribution in [0.2, 0.25) is 0 Å². The summed E-state index contributed by atoms with van der Waals surface area (Å²) in [4.78, 5) is 37.4. The van der Waals surface area contributed by atoms with Gasteiger partial charge in [-0.2, -0.15) is 0 Å². The van der Waals surface area contributed by atoms with Crippen molar-refractivity contribution in [1.29, 1.82) is 0 Å². The summed E-state index contributed by atoms with van der Waals surface area (Å²) in [6.45, 7) is 1.34. The molecule has 1 heterocycles. The van der Waals surface area contributed by atoms with E-state index in [1.54, 1.807) is 18.2 Å². The van der Waals surface area contributed by atoms with E-state index in [9.17, 15) is 14.4 Å². The van der Waals surface area contributed by atoms with Gasteiger partial charge in [0.05, 0.1) is 16.8 Å². The summed E-state index contributed by atoms with van der Waals surface area (Å²) in [5, 5.41) is 20.6. The molecule has 0 atom stereocenters. The summed E-state index contributed by atoms with van der Waals surface area (Å²) in [5.74, 6) is -2.47. The third-order valence-electron chi connectivity index (χ3n) is 2.78. The maximum atomic E-state index is 11.1. The second kappa shape index (κ2) is 6.04. The minimum Gasteiger partial charge on any atom is -0.478 e. The highest BCUT2D eigenvalue weighted by Crippen LogP contribution is 2.22. The zero-order valence-corrected chi connectivity index (χ0v) is 11.5. The van der Waals surface area contributed by atoms with E-state index in [-0.39, 0.29) is 17.0 Å². The Morgan fingerprint density at radius 3 is 2.09 bits per heavy atom. The number of benzene rings is 1. The Bertz CT molecular complexity index is 738. The number of carbonyl (C=O) groups excluding carboxylic acids is 1. The minimum atomic E-state index is -1.23. The average molecular weight is 300 g/mol. The molecule has 22 heavy (non-hydrogen) atoms. The molecule has 7 nitrogen and oxygen atoms in total. The van der Waals surface area contributed by atoms with Crippen LogP contribution in [-0.2, 0) is 4.79 Å². The molecule has 1 aromatic carbocycles. The van der Waals surface area contributed by atoms with Crippen LogP contribution in [0.1, 0.15) is 27.6 Å². The average Bonchev–Trinajstić information content (AvgIpc) is 2.46. The van der Waals surface area contributed by atoms with Crippen molar-refractivity contribution in [3.63, 3.8) is 0 Å². The van der Waals surface area contributed by atoms with Crippen molar-refractivity contribution in [2.75, 3.05) is 5.32 Å². The fourth-order valence-electron chi connectivity index (χ4n) is 1.87. The molecule has 0 saturated carbocycles. The van der Waals surface area contributed by atoms with Gasteiger partial charge >= 0.3 is 11.9 Å². The minimum absolute atomic E-state index is 0.151. The smallest absolute Gasteiger partial charge is 0.335 e. The first-order valence-electron chi connectivity index (χ1n) is 6.23. The van der Waals surface area contributed by atoms with Crippen LogP contribution in [0.3, 0.4) is 0 Å². The molecule has 0 spiro atoms. The number of carboxylic acid groups (broad SMARTS) is 2. The third kappa shape index (κ3) is 3.45. The number of amides is 1. The number of nitrogens with zero attached hydrogens (tertiary/aromatic N) is 1. The molecular weight excluding hydrogens is 288 g/mol. The Balaban J connectivity index is 2.53. The first-order chi connectivity index (χ1) is 10.4. The van der Waals surface area contributed by atoms with Crippen LogP contribution in [0.25, 0.3) is 11.3 Å². The number of pyridine rings is 1.